The van der Waals surface area contributed by atoms with Gasteiger partial charge in [0, 0.05) is 24.2 Å². The number of amides is 2. The summed E-state index contributed by atoms with van der Waals surface area (Å²) in [7, 11) is 0. The largest absolute Gasteiger partial charge is 0.319 e. The number of nitrogens with zero attached hydrogens (tertiary/aromatic N) is 3. The van der Waals surface area contributed by atoms with Crippen LogP contribution in [0.5, 0.6) is 0 Å². The van der Waals surface area contributed by atoms with Crippen molar-refractivity contribution in [2.45, 2.75) is 12.8 Å². The maximum atomic E-state index is 12.6. The van der Waals surface area contributed by atoms with Crippen molar-refractivity contribution >= 4 is 40.3 Å². The predicted octanol–water partition coefficient (Wildman–Crippen LogP) is 3.37. The van der Waals surface area contributed by atoms with Gasteiger partial charge >= 0.3 is 0 Å². The summed E-state index contributed by atoms with van der Waals surface area (Å²) >= 11 is 5.97. The molecular weight excluding hydrogens is 340 g/mol. The fraction of sp³-hybridized carbons (Fsp3) is 0.167. The molecule has 7 heteroatoms. The Kier molecular flexibility index (Phi) is 3.89. The van der Waals surface area contributed by atoms with E-state index in [9.17, 15) is 9.59 Å². The fourth-order valence-corrected chi connectivity index (χ4v) is 3.15. The molecule has 0 unspecified atom stereocenters. The first-order valence-electron chi connectivity index (χ1n) is 7.97. The van der Waals surface area contributed by atoms with Gasteiger partial charge in [0.1, 0.15) is 0 Å². The zero-order chi connectivity index (χ0) is 17.4. The number of hydrogen-bond acceptors (Lipinski definition) is 3. The number of halogens is 1. The molecule has 126 valence electrons. The van der Waals surface area contributed by atoms with E-state index in [0.717, 1.165) is 11.9 Å². The Hall–Kier alpha value is -2.86. The molecule has 0 radical (unpaired) electrons. The first-order chi connectivity index (χ1) is 12.1. The Morgan fingerprint density at radius 3 is 2.84 bits per heavy atom. The first-order valence-corrected chi connectivity index (χ1v) is 8.35. The minimum absolute atomic E-state index is 0.0732. The van der Waals surface area contributed by atoms with Crippen LogP contribution in [-0.4, -0.2) is 28.0 Å². The quantitative estimate of drug-likeness (QED) is 0.784. The lowest BCUT2D eigenvalue weighted by molar-refractivity contribution is -0.117. The molecule has 1 fully saturated rings. The summed E-state index contributed by atoms with van der Waals surface area (Å²) in [6.45, 7) is 0.665. The molecule has 1 aliphatic rings. The van der Waals surface area contributed by atoms with Crippen LogP contribution in [0.4, 0.5) is 11.4 Å². The molecule has 1 saturated heterocycles. The highest BCUT2D eigenvalue weighted by atomic mass is 35.5. The summed E-state index contributed by atoms with van der Waals surface area (Å²) in [5.41, 5.74) is 2.33. The van der Waals surface area contributed by atoms with E-state index >= 15 is 0 Å². The highest BCUT2D eigenvalue weighted by Gasteiger charge is 2.24. The second-order valence-electron chi connectivity index (χ2n) is 5.86. The Bertz CT molecular complexity index is 982. The van der Waals surface area contributed by atoms with Gasteiger partial charge in [-0.25, -0.2) is 4.52 Å². The molecule has 1 aliphatic heterocycles. The molecule has 0 bridgehead atoms. The van der Waals surface area contributed by atoms with E-state index in [0.29, 0.717) is 29.4 Å². The number of fused-ring (bicyclic) bond motifs is 1. The lowest BCUT2D eigenvalue weighted by atomic mass is 10.2. The van der Waals surface area contributed by atoms with Crippen molar-refractivity contribution in [1.82, 2.24) is 9.61 Å². The molecule has 2 aromatic heterocycles. The second kappa shape index (κ2) is 6.22. The number of pyridine rings is 1. The number of nitrogens with one attached hydrogen (secondary N) is 1. The van der Waals surface area contributed by atoms with Crippen LogP contribution >= 0.6 is 11.6 Å². The van der Waals surface area contributed by atoms with Crippen molar-refractivity contribution in [3.63, 3.8) is 0 Å². The molecule has 0 saturated carbocycles. The van der Waals surface area contributed by atoms with E-state index in [4.69, 9.17) is 11.6 Å². The Balaban J connectivity index is 1.63. The van der Waals surface area contributed by atoms with Crippen LogP contribution in [-0.2, 0) is 4.79 Å². The van der Waals surface area contributed by atoms with Gasteiger partial charge in [0.25, 0.3) is 5.91 Å². The molecule has 4 rings (SSSR count). The third-order valence-electron chi connectivity index (χ3n) is 4.17. The second-order valence-corrected chi connectivity index (χ2v) is 6.30. The Morgan fingerprint density at radius 2 is 2.04 bits per heavy atom. The normalized spacial score (nSPS) is 14.3. The van der Waals surface area contributed by atoms with E-state index in [1.165, 1.54) is 0 Å². The van der Waals surface area contributed by atoms with Gasteiger partial charge < -0.3 is 10.2 Å². The molecule has 3 aromatic rings. The maximum Gasteiger partial charge on any atom is 0.276 e. The predicted molar refractivity (Wildman–Crippen MR) is 96.2 cm³/mol. The maximum absolute atomic E-state index is 12.6. The van der Waals surface area contributed by atoms with Crippen LogP contribution in [0.3, 0.4) is 0 Å². The van der Waals surface area contributed by atoms with Gasteiger partial charge in [-0.3, -0.25) is 9.59 Å². The van der Waals surface area contributed by atoms with Gasteiger partial charge in [-0.05, 0) is 36.8 Å². The van der Waals surface area contributed by atoms with Crippen molar-refractivity contribution in [2.24, 2.45) is 0 Å². The molecule has 0 atom stereocenters. The third kappa shape index (κ3) is 2.96. The average molecular weight is 355 g/mol. The van der Waals surface area contributed by atoms with Crippen molar-refractivity contribution in [3.8, 4) is 0 Å². The van der Waals surface area contributed by atoms with Crippen LogP contribution in [0.15, 0.2) is 48.7 Å². The number of anilines is 2. The fourth-order valence-electron chi connectivity index (χ4n) is 2.98. The topological polar surface area (TPSA) is 66.7 Å². The number of hydrogen-bond donors (Lipinski definition) is 1. The number of rotatable bonds is 3. The van der Waals surface area contributed by atoms with Crippen LogP contribution < -0.4 is 10.2 Å². The van der Waals surface area contributed by atoms with Gasteiger partial charge in [-0.15, -0.1) is 0 Å². The number of aromatic nitrogens is 2. The third-order valence-corrected chi connectivity index (χ3v) is 4.41. The summed E-state index contributed by atoms with van der Waals surface area (Å²) in [6, 6.07) is 12.4. The SMILES string of the molecule is O=C(Nc1ccccc1N1CCCC1=O)c1cc2cc(Cl)ccn2n1. The van der Waals surface area contributed by atoms with Crippen molar-refractivity contribution < 1.29 is 9.59 Å². The van der Waals surface area contributed by atoms with Gasteiger partial charge in [0.15, 0.2) is 5.69 Å². The van der Waals surface area contributed by atoms with Gasteiger partial charge in [-0.1, -0.05) is 23.7 Å². The number of carbonyl (C=O) groups excluding carboxylic acids is 2. The summed E-state index contributed by atoms with van der Waals surface area (Å²) in [6.07, 6.45) is 3.06. The number of carbonyl (C=O) groups is 2. The standard InChI is InChI=1S/C18H15ClN4O2/c19-12-7-9-23-13(10-12)11-15(21-23)18(25)20-14-4-1-2-5-16(14)22-8-3-6-17(22)24/h1-2,4-5,7,9-11H,3,6,8H2,(H,20,25). The average Bonchev–Trinajstić information content (AvgIpc) is 3.21. The van der Waals surface area contributed by atoms with Crippen molar-refractivity contribution in [2.75, 3.05) is 16.8 Å². The Morgan fingerprint density at radius 1 is 1.20 bits per heavy atom. The number of benzene rings is 1. The summed E-state index contributed by atoms with van der Waals surface area (Å²) in [4.78, 5) is 26.3. The molecule has 25 heavy (non-hydrogen) atoms. The van der Waals surface area contributed by atoms with E-state index in [1.807, 2.05) is 18.2 Å². The minimum Gasteiger partial charge on any atom is -0.319 e. The summed E-state index contributed by atoms with van der Waals surface area (Å²) in [5.74, 6) is -0.261. The lowest BCUT2D eigenvalue weighted by Crippen LogP contribution is -2.25. The van der Waals surface area contributed by atoms with E-state index in [2.05, 4.69) is 10.4 Å². The molecule has 3 heterocycles. The van der Waals surface area contributed by atoms with Crippen LogP contribution in [0, 0.1) is 0 Å². The molecule has 2 amide bonds. The smallest absolute Gasteiger partial charge is 0.276 e. The lowest BCUT2D eigenvalue weighted by Gasteiger charge is -2.19. The molecule has 6 nitrogen and oxygen atoms in total. The van der Waals surface area contributed by atoms with Gasteiger partial charge in [-0.2, -0.15) is 5.10 Å². The monoisotopic (exact) mass is 354 g/mol. The van der Waals surface area contributed by atoms with Crippen molar-refractivity contribution in [1.29, 1.82) is 0 Å². The zero-order valence-corrected chi connectivity index (χ0v) is 14.0. The van der Waals surface area contributed by atoms with E-state index in [-0.39, 0.29) is 17.5 Å². The van der Waals surface area contributed by atoms with Gasteiger partial charge in [0.05, 0.1) is 16.9 Å². The summed E-state index contributed by atoms with van der Waals surface area (Å²) < 4.78 is 1.59. The number of para-hydroxylation sites is 2. The zero-order valence-electron chi connectivity index (χ0n) is 13.3. The van der Waals surface area contributed by atoms with Crippen LogP contribution in [0.1, 0.15) is 23.3 Å². The molecular formula is C18H15ClN4O2. The van der Waals surface area contributed by atoms with E-state index in [1.54, 1.807) is 39.9 Å². The van der Waals surface area contributed by atoms with Gasteiger partial charge in [0.2, 0.25) is 5.91 Å². The molecule has 1 aromatic carbocycles. The highest BCUT2D eigenvalue weighted by molar-refractivity contribution is 6.30. The van der Waals surface area contributed by atoms with Crippen molar-refractivity contribution in [3.05, 3.63) is 59.4 Å². The molecule has 1 N–H and O–H groups in total. The highest BCUT2D eigenvalue weighted by Crippen LogP contribution is 2.29. The van der Waals surface area contributed by atoms with Crippen LogP contribution in [0.2, 0.25) is 5.02 Å². The first kappa shape index (κ1) is 15.7. The molecule has 0 aliphatic carbocycles. The van der Waals surface area contributed by atoms with E-state index < -0.39 is 0 Å². The van der Waals surface area contributed by atoms with Crippen LogP contribution in [0.25, 0.3) is 5.52 Å². The Labute approximate surface area is 149 Å². The minimum atomic E-state index is -0.334. The summed E-state index contributed by atoms with van der Waals surface area (Å²) in [5, 5.41) is 7.70. The molecule has 0 spiro atoms.